The average molecular weight is 503 g/mol. The lowest BCUT2D eigenvalue weighted by Crippen LogP contribution is -2.29. The molecule has 3 aromatic carbocycles. The van der Waals surface area contributed by atoms with E-state index in [1.54, 1.807) is 30.3 Å². The lowest BCUT2D eigenvalue weighted by atomic mass is 9.95. The number of hydrogen-bond acceptors (Lipinski definition) is 8. The molecule has 0 spiro atoms. The average Bonchev–Trinajstić information content (AvgIpc) is 3.41. The molecule has 9 heteroatoms. The molecule has 1 amide bonds. The largest absolute Gasteiger partial charge is 0.507 e. The molecule has 4 aromatic rings. The SMILES string of the molecule is COc1cccc(C(O)=C2C(=O)C(=O)N(c3nc4ccc(C)cc4s3)[C@@H]2c2ccc(O)c(OC)c2)c1. The van der Waals surface area contributed by atoms with E-state index in [1.165, 1.54) is 42.6 Å². The van der Waals surface area contributed by atoms with Crippen LogP contribution >= 0.6 is 11.3 Å². The van der Waals surface area contributed by atoms with Gasteiger partial charge in [0.05, 0.1) is 36.1 Å². The number of aliphatic hydroxyl groups is 1. The number of Topliss-reactive ketones (excluding diaryl/α,β-unsaturated/α-hetero) is 1. The van der Waals surface area contributed by atoms with Gasteiger partial charge in [-0.25, -0.2) is 4.98 Å². The number of ketones is 1. The fourth-order valence-electron chi connectivity index (χ4n) is 4.26. The molecular weight excluding hydrogens is 480 g/mol. The van der Waals surface area contributed by atoms with E-state index in [0.717, 1.165) is 10.3 Å². The highest BCUT2D eigenvalue weighted by molar-refractivity contribution is 7.22. The zero-order valence-corrected chi connectivity index (χ0v) is 20.5. The first-order valence-electron chi connectivity index (χ1n) is 11.0. The minimum absolute atomic E-state index is 0.0959. The van der Waals surface area contributed by atoms with Crippen molar-refractivity contribution in [2.24, 2.45) is 0 Å². The number of aliphatic hydroxyl groups excluding tert-OH is 1. The molecule has 36 heavy (non-hydrogen) atoms. The fraction of sp³-hybridized carbons (Fsp3) is 0.148. The summed E-state index contributed by atoms with van der Waals surface area (Å²) >= 11 is 1.28. The molecule has 1 aromatic heterocycles. The summed E-state index contributed by atoms with van der Waals surface area (Å²) in [6, 6.07) is 15.9. The first kappa shape index (κ1) is 23.4. The fourth-order valence-corrected chi connectivity index (χ4v) is 5.35. The van der Waals surface area contributed by atoms with Gasteiger partial charge in [0.25, 0.3) is 5.78 Å². The molecule has 0 bridgehead atoms. The third kappa shape index (κ3) is 3.83. The van der Waals surface area contributed by atoms with Gasteiger partial charge in [-0.05, 0) is 54.4 Å². The number of hydrogen-bond donors (Lipinski definition) is 2. The summed E-state index contributed by atoms with van der Waals surface area (Å²) < 4.78 is 11.4. The maximum atomic E-state index is 13.4. The van der Waals surface area contributed by atoms with Gasteiger partial charge in [0.1, 0.15) is 11.5 Å². The van der Waals surface area contributed by atoms with Gasteiger partial charge in [-0.1, -0.05) is 35.6 Å². The second-order valence-corrected chi connectivity index (χ2v) is 9.31. The predicted molar refractivity (Wildman–Crippen MR) is 137 cm³/mol. The first-order valence-corrected chi connectivity index (χ1v) is 11.8. The molecule has 1 atom stereocenters. The summed E-state index contributed by atoms with van der Waals surface area (Å²) in [5.74, 6) is -1.45. The Kier molecular flexibility index (Phi) is 5.85. The molecule has 8 nitrogen and oxygen atoms in total. The van der Waals surface area contributed by atoms with Crippen molar-refractivity contribution in [3.63, 3.8) is 0 Å². The van der Waals surface area contributed by atoms with Crippen molar-refractivity contribution >= 4 is 44.1 Å². The number of benzene rings is 3. The topological polar surface area (TPSA) is 109 Å². The van der Waals surface area contributed by atoms with Crippen LogP contribution in [0.15, 0.2) is 66.2 Å². The molecule has 182 valence electrons. The standard InChI is InChI=1S/C27H22N2O6S/c1-14-7-9-18-21(11-14)36-27(28-18)29-23(15-8-10-19(30)20(13-15)35-3)22(25(32)26(29)33)24(31)16-5-4-6-17(12-16)34-2/h4-13,23,30-31H,1-3H3/t23-/m1/s1. The summed E-state index contributed by atoms with van der Waals surface area (Å²) in [5.41, 5.74) is 2.41. The van der Waals surface area contributed by atoms with Crippen molar-refractivity contribution in [1.29, 1.82) is 0 Å². The number of fused-ring (bicyclic) bond motifs is 1. The Morgan fingerprint density at radius 3 is 2.58 bits per heavy atom. The summed E-state index contributed by atoms with van der Waals surface area (Å²) in [4.78, 5) is 32.7. The molecule has 1 fully saturated rings. The third-order valence-corrected chi connectivity index (χ3v) is 7.06. The number of aromatic hydroxyl groups is 1. The molecule has 2 heterocycles. The zero-order chi connectivity index (χ0) is 25.6. The predicted octanol–water partition coefficient (Wildman–Crippen LogP) is 4.95. The van der Waals surface area contributed by atoms with Gasteiger partial charge in [-0.2, -0.15) is 0 Å². The van der Waals surface area contributed by atoms with Crippen LogP contribution in [0.2, 0.25) is 0 Å². The van der Waals surface area contributed by atoms with Crippen molar-refractivity contribution < 1.29 is 29.3 Å². The van der Waals surface area contributed by atoms with E-state index in [1.807, 2.05) is 25.1 Å². The Morgan fingerprint density at radius 2 is 1.83 bits per heavy atom. The molecule has 2 N–H and O–H groups in total. The van der Waals surface area contributed by atoms with Gasteiger partial charge >= 0.3 is 5.91 Å². The van der Waals surface area contributed by atoms with Crippen molar-refractivity contribution in [1.82, 2.24) is 4.98 Å². The van der Waals surface area contributed by atoms with Crippen molar-refractivity contribution in [2.75, 3.05) is 19.1 Å². The summed E-state index contributed by atoms with van der Waals surface area (Å²) in [6.45, 7) is 1.96. The monoisotopic (exact) mass is 502 g/mol. The number of rotatable bonds is 5. The molecule has 1 saturated heterocycles. The summed E-state index contributed by atoms with van der Waals surface area (Å²) in [5, 5.41) is 21.8. The number of nitrogens with zero attached hydrogens (tertiary/aromatic N) is 2. The van der Waals surface area contributed by atoms with Crippen molar-refractivity contribution in [3.8, 4) is 17.2 Å². The minimum atomic E-state index is -1.01. The van der Waals surface area contributed by atoms with Gasteiger partial charge < -0.3 is 19.7 Å². The second kappa shape index (κ2) is 9.01. The molecule has 0 aliphatic carbocycles. The Bertz CT molecular complexity index is 1560. The van der Waals surface area contributed by atoms with Crippen LogP contribution in [0.5, 0.6) is 17.2 Å². The Labute approximate surface area is 210 Å². The number of phenols is 1. The van der Waals surface area contributed by atoms with E-state index in [0.29, 0.717) is 27.5 Å². The lowest BCUT2D eigenvalue weighted by molar-refractivity contribution is -0.132. The molecular formula is C27H22N2O6S. The number of carbonyl (C=O) groups is 2. The summed E-state index contributed by atoms with van der Waals surface area (Å²) in [6.07, 6.45) is 0. The van der Waals surface area contributed by atoms with Crippen LogP contribution in [0.3, 0.4) is 0 Å². The van der Waals surface area contributed by atoms with E-state index in [4.69, 9.17) is 9.47 Å². The highest BCUT2D eigenvalue weighted by Crippen LogP contribution is 2.45. The van der Waals surface area contributed by atoms with E-state index in [9.17, 15) is 19.8 Å². The normalized spacial score (nSPS) is 17.1. The smallest absolute Gasteiger partial charge is 0.301 e. The molecule has 5 rings (SSSR count). The maximum absolute atomic E-state index is 13.4. The van der Waals surface area contributed by atoms with Crippen molar-refractivity contribution in [3.05, 3.63) is 82.9 Å². The molecule has 0 unspecified atom stereocenters. The number of phenolic OH excluding ortho intramolecular Hbond substituents is 1. The van der Waals surface area contributed by atoms with Crippen LogP contribution in [0.4, 0.5) is 5.13 Å². The lowest BCUT2D eigenvalue weighted by Gasteiger charge is -2.23. The van der Waals surface area contributed by atoms with Crippen LogP contribution in [0, 0.1) is 6.92 Å². The highest BCUT2D eigenvalue weighted by atomic mass is 32.1. The van der Waals surface area contributed by atoms with E-state index < -0.39 is 17.7 Å². The summed E-state index contributed by atoms with van der Waals surface area (Å²) in [7, 11) is 2.90. The van der Waals surface area contributed by atoms with Gasteiger partial charge in [0.2, 0.25) is 0 Å². The molecule has 1 aliphatic heterocycles. The van der Waals surface area contributed by atoms with Gasteiger partial charge in [0, 0.05) is 5.56 Å². The van der Waals surface area contributed by atoms with E-state index in [2.05, 4.69) is 4.98 Å². The van der Waals surface area contributed by atoms with E-state index in [-0.39, 0.29) is 22.8 Å². The number of anilines is 1. The number of ether oxygens (including phenoxy) is 2. The van der Waals surface area contributed by atoms with Crippen LogP contribution in [0.25, 0.3) is 16.0 Å². The molecule has 1 aliphatic rings. The number of aromatic nitrogens is 1. The number of thiazole rings is 1. The highest BCUT2D eigenvalue weighted by Gasteiger charge is 2.48. The Morgan fingerprint density at radius 1 is 1.03 bits per heavy atom. The number of methoxy groups -OCH3 is 2. The van der Waals surface area contributed by atoms with Gasteiger partial charge in [0.15, 0.2) is 16.6 Å². The van der Waals surface area contributed by atoms with Gasteiger partial charge in [-0.15, -0.1) is 0 Å². The van der Waals surface area contributed by atoms with Crippen LogP contribution in [-0.4, -0.2) is 41.1 Å². The van der Waals surface area contributed by atoms with Gasteiger partial charge in [-0.3, -0.25) is 14.5 Å². The third-order valence-electron chi connectivity index (χ3n) is 6.05. The van der Waals surface area contributed by atoms with Crippen LogP contribution < -0.4 is 14.4 Å². The van der Waals surface area contributed by atoms with Crippen LogP contribution in [0.1, 0.15) is 22.7 Å². The number of carbonyl (C=O) groups excluding carboxylic acids is 2. The number of amides is 1. The van der Waals surface area contributed by atoms with Crippen molar-refractivity contribution in [2.45, 2.75) is 13.0 Å². The first-order chi connectivity index (χ1) is 17.3. The quantitative estimate of drug-likeness (QED) is 0.226. The second-order valence-electron chi connectivity index (χ2n) is 8.30. The minimum Gasteiger partial charge on any atom is -0.507 e. The van der Waals surface area contributed by atoms with E-state index >= 15 is 0 Å². The Hall–Kier alpha value is -4.37. The Balaban J connectivity index is 1.75. The maximum Gasteiger partial charge on any atom is 0.301 e. The van der Waals surface area contributed by atoms with Crippen LogP contribution in [-0.2, 0) is 9.59 Å². The zero-order valence-electron chi connectivity index (χ0n) is 19.7. The number of aryl methyl sites for hydroxylation is 1. The molecule has 0 saturated carbocycles. The molecule has 0 radical (unpaired) electrons.